The van der Waals surface area contributed by atoms with E-state index in [0.717, 1.165) is 10.0 Å². The van der Waals surface area contributed by atoms with Crippen molar-refractivity contribution in [2.45, 2.75) is 26.9 Å². The number of nitrogens with zero attached hydrogens (tertiary/aromatic N) is 4. The zero-order chi connectivity index (χ0) is 30.8. The fourth-order valence-corrected chi connectivity index (χ4v) is 5.96. The first-order valence-corrected chi connectivity index (χ1v) is 14.6. The van der Waals surface area contributed by atoms with E-state index < -0.39 is 18.8 Å². The summed E-state index contributed by atoms with van der Waals surface area (Å²) in [7, 11) is -2.99. The van der Waals surface area contributed by atoms with E-state index in [1.165, 1.54) is 27.4 Å². The van der Waals surface area contributed by atoms with Crippen molar-refractivity contribution in [3.05, 3.63) is 127 Å². The van der Waals surface area contributed by atoms with Crippen LogP contribution in [0.5, 0.6) is 5.88 Å². The second-order valence-corrected chi connectivity index (χ2v) is 10.7. The molecule has 0 atom stereocenters. The molecule has 6 nitrogen and oxygen atoms in total. The quantitative estimate of drug-likeness (QED) is 0.149. The molecule has 0 saturated heterocycles. The Kier molecular flexibility index (Phi) is 9.01. The summed E-state index contributed by atoms with van der Waals surface area (Å²) >= 11 is 18.6. The molecule has 0 aliphatic carbocycles. The van der Waals surface area contributed by atoms with E-state index in [4.69, 9.17) is 40.4 Å². The number of rotatable bonds is 8. The Morgan fingerprint density at radius 1 is 1.00 bits per heavy atom. The van der Waals surface area contributed by atoms with Gasteiger partial charge in [-0.2, -0.15) is 0 Å². The van der Waals surface area contributed by atoms with Crippen molar-refractivity contribution >= 4 is 60.2 Å². The summed E-state index contributed by atoms with van der Waals surface area (Å²) < 4.78 is 33.3. The summed E-state index contributed by atoms with van der Waals surface area (Å²) in [6, 6.07) is 19.2. The predicted molar refractivity (Wildman–Crippen MR) is 171 cm³/mol. The maximum Gasteiger partial charge on any atom is 0.678 e. The van der Waals surface area contributed by atoms with Crippen molar-refractivity contribution in [1.29, 1.82) is 0 Å². The molecule has 0 unspecified atom stereocenters. The van der Waals surface area contributed by atoms with E-state index in [-0.39, 0.29) is 51.1 Å². The largest absolute Gasteiger partial charge is 0.859 e. The van der Waals surface area contributed by atoms with Gasteiger partial charge in [0, 0.05) is 35.5 Å². The molecule has 43 heavy (non-hydrogen) atoms. The van der Waals surface area contributed by atoms with Crippen LogP contribution in [0, 0.1) is 4.77 Å². The van der Waals surface area contributed by atoms with Gasteiger partial charge in [-0.05, 0) is 61.8 Å². The molecule has 0 spiro atoms. The monoisotopic (exact) mass is 635 g/mol. The maximum atomic E-state index is 14.8. The molecule has 0 amide bonds. The van der Waals surface area contributed by atoms with Gasteiger partial charge in [-0.25, -0.2) is 4.99 Å². The lowest BCUT2D eigenvalue weighted by Gasteiger charge is -2.21. The second-order valence-electron chi connectivity index (χ2n) is 9.49. The molecule has 3 heterocycles. The predicted octanol–water partition coefficient (Wildman–Crippen LogP) is 7.44. The molecule has 0 fully saturated rings. The first-order valence-electron chi connectivity index (χ1n) is 13.4. The third-order valence-electron chi connectivity index (χ3n) is 7.02. The highest BCUT2D eigenvalue weighted by atomic mass is 35.5. The second kappa shape index (κ2) is 12.7. The zero-order valence-electron chi connectivity index (χ0n) is 23.1. The number of hydrogen-bond donors (Lipinski definition) is 0. The van der Waals surface area contributed by atoms with Crippen molar-refractivity contribution in [2.24, 2.45) is 4.99 Å². The van der Waals surface area contributed by atoms with Crippen LogP contribution in [-0.2, 0) is 13.1 Å². The van der Waals surface area contributed by atoms with Gasteiger partial charge < -0.3 is 14.2 Å². The lowest BCUT2D eigenvalue weighted by atomic mass is 10.0. The summed E-state index contributed by atoms with van der Waals surface area (Å²) in [5.41, 5.74) is 1.48. The van der Waals surface area contributed by atoms with E-state index in [9.17, 15) is 18.5 Å². The van der Waals surface area contributed by atoms with Crippen molar-refractivity contribution in [3.8, 4) is 17.1 Å². The minimum atomic E-state index is -2.99. The van der Waals surface area contributed by atoms with E-state index in [1.807, 2.05) is 30.3 Å². The van der Waals surface area contributed by atoms with Gasteiger partial charge >= 0.3 is 7.40 Å². The highest BCUT2D eigenvalue weighted by Crippen LogP contribution is 2.38. The first-order chi connectivity index (χ1) is 20.7. The van der Waals surface area contributed by atoms with E-state index >= 15 is 0 Å². The van der Waals surface area contributed by atoms with Gasteiger partial charge in [0.15, 0.2) is 4.77 Å². The third kappa shape index (κ3) is 5.70. The highest BCUT2D eigenvalue weighted by Gasteiger charge is 2.30. The smallest absolute Gasteiger partial charge is 0.678 e. The maximum absolute atomic E-state index is 14.8. The Morgan fingerprint density at radius 2 is 1.60 bits per heavy atom. The molecule has 0 saturated carbocycles. The van der Waals surface area contributed by atoms with Crippen LogP contribution in [0.15, 0.2) is 99.4 Å². The van der Waals surface area contributed by atoms with E-state index in [2.05, 4.69) is 0 Å². The molecule has 218 valence electrons. The molecule has 12 heteroatoms. The van der Waals surface area contributed by atoms with Gasteiger partial charge in [-0.3, -0.25) is 18.0 Å². The number of benzene rings is 2. The van der Waals surface area contributed by atoms with Crippen molar-refractivity contribution in [3.63, 3.8) is 0 Å². The summed E-state index contributed by atoms with van der Waals surface area (Å²) in [5, 5.41) is 13.7. The molecule has 0 radical (unpaired) electrons. The van der Waals surface area contributed by atoms with Crippen LogP contribution < -0.4 is 10.7 Å². The molecule has 4 aromatic rings. The van der Waals surface area contributed by atoms with Gasteiger partial charge in [-0.15, -0.1) is 0 Å². The average molecular weight is 636 g/mol. The van der Waals surface area contributed by atoms with Gasteiger partial charge in [0.05, 0.1) is 27.2 Å². The molecule has 0 N–H and O–H groups in total. The van der Waals surface area contributed by atoms with Crippen LogP contribution in [-0.4, -0.2) is 26.7 Å². The summed E-state index contributed by atoms with van der Waals surface area (Å²) in [6.07, 6.45) is 4.30. The number of aliphatic imine (C=N–C) groups is 1. The van der Waals surface area contributed by atoms with Gasteiger partial charge in [0.1, 0.15) is 0 Å². The number of allylic oxidation sites excluding steroid dienone is 4. The number of aromatic nitrogens is 3. The Bertz CT molecular complexity index is 1950. The SMILES string of the molecule is CCn1c([O-])c(/C=C/C(=C2/C=C(Cl)C(c3ccccc3)=N2)c2cc(Cl)c(-c3ccccc3)n2B(F)F)c(=O)n(CC)c1=S. The van der Waals surface area contributed by atoms with Crippen LogP contribution in [0.25, 0.3) is 22.9 Å². The third-order valence-corrected chi connectivity index (χ3v) is 8.03. The van der Waals surface area contributed by atoms with E-state index in [0.29, 0.717) is 16.3 Å². The van der Waals surface area contributed by atoms with Gasteiger partial charge in [-0.1, -0.05) is 83.9 Å². The Labute approximate surface area is 262 Å². The molecule has 2 aromatic heterocycles. The fourth-order valence-electron chi connectivity index (χ4n) is 4.98. The summed E-state index contributed by atoms with van der Waals surface area (Å²) in [6.45, 7) is 3.99. The van der Waals surface area contributed by atoms with Crippen LogP contribution >= 0.6 is 35.4 Å². The average Bonchev–Trinajstić information content (AvgIpc) is 3.55. The van der Waals surface area contributed by atoms with Gasteiger partial charge in [0.2, 0.25) is 0 Å². The molecule has 2 aromatic carbocycles. The summed E-state index contributed by atoms with van der Waals surface area (Å²) in [4.78, 5) is 18.0. The van der Waals surface area contributed by atoms with Crippen LogP contribution in [0.3, 0.4) is 0 Å². The van der Waals surface area contributed by atoms with Crippen molar-refractivity contribution in [2.75, 3.05) is 0 Å². The lowest BCUT2D eigenvalue weighted by molar-refractivity contribution is -0.280. The minimum Gasteiger partial charge on any atom is -0.859 e. The lowest BCUT2D eigenvalue weighted by Crippen LogP contribution is -2.29. The van der Waals surface area contributed by atoms with Crippen LogP contribution in [0.2, 0.25) is 5.02 Å². The fraction of sp³-hybridized carbons (Fsp3) is 0.129. The molecule has 1 aliphatic heterocycles. The summed E-state index contributed by atoms with van der Waals surface area (Å²) in [5.74, 6) is -0.580. The Morgan fingerprint density at radius 3 is 2.19 bits per heavy atom. The minimum absolute atomic E-state index is 0.0235. The molecule has 5 rings (SSSR count). The zero-order valence-corrected chi connectivity index (χ0v) is 25.4. The first kappa shape index (κ1) is 30.5. The van der Waals surface area contributed by atoms with Gasteiger partial charge in [0.25, 0.3) is 5.56 Å². The van der Waals surface area contributed by atoms with Crippen molar-refractivity contribution in [1.82, 2.24) is 13.6 Å². The Hall–Kier alpha value is -3.99. The standard InChI is InChI=1S/C31H25BCl2F2N4O2S/c1-3-38-29(41)22(30(42)39(4-2)31(38)43)16-15-21(25-17-23(33)27(37-25)19-11-7-5-8-12-19)26-18-24(34)28(40(26)32(35)36)20-13-9-6-10-14-20/h5-18,41H,3-4H2,1-2H3/p-1/b16-15+,25-21+. The van der Waals surface area contributed by atoms with Crippen LogP contribution in [0.1, 0.15) is 30.7 Å². The number of hydrogen-bond acceptors (Lipinski definition) is 4. The highest BCUT2D eigenvalue weighted by molar-refractivity contribution is 7.71. The molecule has 1 aliphatic rings. The van der Waals surface area contributed by atoms with Crippen LogP contribution in [0.4, 0.5) is 8.63 Å². The molecule has 0 bridgehead atoms. The molecular formula is C31H24BCl2F2N4O2S-. The number of halogens is 4. The van der Waals surface area contributed by atoms with Crippen molar-refractivity contribution < 1.29 is 13.7 Å². The van der Waals surface area contributed by atoms with E-state index in [1.54, 1.807) is 50.3 Å². The molecular weight excluding hydrogens is 612 g/mol. The normalized spacial score (nSPS) is 14.3. The Balaban J connectivity index is 1.81. The topological polar surface area (TPSA) is 67.3 Å².